The summed E-state index contributed by atoms with van der Waals surface area (Å²) in [5, 5.41) is 0.177. The lowest BCUT2D eigenvalue weighted by Crippen LogP contribution is -2.56. The molecule has 0 aliphatic carbocycles. The van der Waals surface area contributed by atoms with E-state index in [4.69, 9.17) is 16.3 Å². The van der Waals surface area contributed by atoms with Crippen LogP contribution in [0.4, 0.5) is 4.79 Å². The third-order valence-electron chi connectivity index (χ3n) is 3.36. The van der Waals surface area contributed by atoms with Gasteiger partial charge in [0.2, 0.25) is 0 Å². The molecule has 126 valence electrons. The van der Waals surface area contributed by atoms with Gasteiger partial charge in [-0.3, -0.25) is 9.78 Å². The monoisotopic (exact) mass is 340 g/mol. The van der Waals surface area contributed by atoms with Gasteiger partial charge in [0.1, 0.15) is 16.4 Å². The highest BCUT2D eigenvalue weighted by Crippen LogP contribution is 2.17. The molecule has 0 radical (unpaired) electrons. The van der Waals surface area contributed by atoms with E-state index in [0.29, 0.717) is 19.6 Å². The lowest BCUT2D eigenvalue weighted by Gasteiger charge is -2.39. The second kappa shape index (κ2) is 6.70. The van der Waals surface area contributed by atoms with Gasteiger partial charge in [-0.2, -0.15) is 0 Å². The van der Waals surface area contributed by atoms with Gasteiger partial charge in [-0.15, -0.1) is 0 Å². The van der Waals surface area contributed by atoms with Gasteiger partial charge < -0.3 is 14.5 Å². The zero-order valence-corrected chi connectivity index (χ0v) is 14.5. The number of hydrogen-bond acceptors (Lipinski definition) is 5. The zero-order valence-electron chi connectivity index (χ0n) is 13.7. The van der Waals surface area contributed by atoms with Gasteiger partial charge in [-0.25, -0.2) is 9.78 Å². The van der Waals surface area contributed by atoms with Crippen molar-refractivity contribution in [3.63, 3.8) is 0 Å². The Balaban J connectivity index is 2.01. The van der Waals surface area contributed by atoms with Crippen molar-refractivity contribution in [2.45, 2.75) is 39.3 Å². The van der Waals surface area contributed by atoms with Crippen molar-refractivity contribution in [1.82, 2.24) is 19.8 Å². The van der Waals surface area contributed by atoms with E-state index in [1.807, 2.05) is 27.7 Å². The van der Waals surface area contributed by atoms with E-state index in [-0.39, 0.29) is 28.9 Å². The minimum atomic E-state index is -0.538. The van der Waals surface area contributed by atoms with Crippen molar-refractivity contribution in [3.05, 3.63) is 23.2 Å². The largest absolute Gasteiger partial charge is 0.444 e. The first kappa shape index (κ1) is 17.5. The molecule has 1 aromatic rings. The molecule has 0 aromatic carbocycles. The average Bonchev–Trinajstić information content (AvgIpc) is 2.44. The van der Waals surface area contributed by atoms with Crippen LogP contribution in [-0.2, 0) is 4.74 Å². The van der Waals surface area contributed by atoms with E-state index in [9.17, 15) is 9.59 Å². The number of hydrogen-bond donors (Lipinski definition) is 0. The Bertz CT molecular complexity index is 603. The molecule has 2 amide bonds. The van der Waals surface area contributed by atoms with Crippen molar-refractivity contribution in [2.24, 2.45) is 0 Å². The Labute approximate surface area is 140 Å². The zero-order chi connectivity index (χ0) is 17.2. The second-order valence-electron chi connectivity index (χ2n) is 6.50. The van der Waals surface area contributed by atoms with Crippen molar-refractivity contribution < 1.29 is 14.3 Å². The van der Waals surface area contributed by atoms with Crippen LogP contribution in [0.25, 0.3) is 0 Å². The molecule has 8 heteroatoms. The predicted octanol–water partition coefficient (Wildman–Crippen LogP) is 2.21. The average molecular weight is 341 g/mol. The van der Waals surface area contributed by atoms with Crippen LogP contribution in [0.15, 0.2) is 12.4 Å². The van der Waals surface area contributed by atoms with Gasteiger partial charge in [-0.1, -0.05) is 11.6 Å². The van der Waals surface area contributed by atoms with Crippen LogP contribution < -0.4 is 0 Å². The number of rotatable bonds is 1. The summed E-state index contributed by atoms with van der Waals surface area (Å²) in [5.74, 6) is -0.240. The normalized spacial score (nSPS) is 18.7. The Kier molecular flexibility index (Phi) is 5.09. The molecule has 0 bridgehead atoms. The second-order valence-corrected chi connectivity index (χ2v) is 6.89. The van der Waals surface area contributed by atoms with Crippen molar-refractivity contribution in [2.75, 3.05) is 19.6 Å². The number of carbonyl (C=O) groups excluding carboxylic acids is 2. The Morgan fingerprint density at radius 3 is 2.57 bits per heavy atom. The fraction of sp³-hybridized carbons (Fsp3) is 0.600. The summed E-state index contributed by atoms with van der Waals surface area (Å²) in [6.45, 7) is 8.59. The first-order valence-corrected chi connectivity index (χ1v) is 7.81. The van der Waals surface area contributed by atoms with Gasteiger partial charge in [0.25, 0.3) is 5.91 Å². The van der Waals surface area contributed by atoms with Gasteiger partial charge in [0.15, 0.2) is 0 Å². The van der Waals surface area contributed by atoms with E-state index in [1.54, 1.807) is 9.80 Å². The van der Waals surface area contributed by atoms with Crippen LogP contribution in [0.3, 0.4) is 0 Å². The molecule has 1 aliphatic rings. The molecule has 1 fully saturated rings. The van der Waals surface area contributed by atoms with Gasteiger partial charge in [-0.05, 0) is 27.7 Å². The third kappa shape index (κ3) is 4.54. The summed E-state index contributed by atoms with van der Waals surface area (Å²) >= 11 is 5.78. The lowest BCUT2D eigenvalue weighted by atomic mass is 10.1. The lowest BCUT2D eigenvalue weighted by molar-refractivity contribution is 0.00605. The number of amides is 2. The van der Waals surface area contributed by atoms with Crippen molar-refractivity contribution in [1.29, 1.82) is 0 Å². The predicted molar refractivity (Wildman–Crippen MR) is 85.3 cm³/mol. The van der Waals surface area contributed by atoms with Crippen molar-refractivity contribution >= 4 is 23.6 Å². The number of carbonyl (C=O) groups is 2. The standard InChI is InChI=1S/C15H21ClN4O3/c1-10-9-19(14(22)23-15(2,3)4)5-6-20(10)13(21)11-7-17-8-12(16)18-11/h7-8,10H,5-6,9H2,1-4H3/t10-/m0/s1. The fourth-order valence-electron chi connectivity index (χ4n) is 2.34. The summed E-state index contributed by atoms with van der Waals surface area (Å²) in [7, 11) is 0. The number of piperazine rings is 1. The molecule has 1 atom stereocenters. The van der Waals surface area contributed by atoms with Crippen molar-refractivity contribution in [3.8, 4) is 0 Å². The Hall–Kier alpha value is -1.89. The maximum atomic E-state index is 12.5. The summed E-state index contributed by atoms with van der Waals surface area (Å²) < 4.78 is 5.37. The summed E-state index contributed by atoms with van der Waals surface area (Å²) in [6, 6.07) is -0.149. The summed E-state index contributed by atoms with van der Waals surface area (Å²) in [4.78, 5) is 35.8. The fourth-order valence-corrected chi connectivity index (χ4v) is 2.49. The molecular formula is C15H21ClN4O3. The highest BCUT2D eigenvalue weighted by molar-refractivity contribution is 6.29. The number of halogens is 1. The van der Waals surface area contributed by atoms with E-state index >= 15 is 0 Å². The first-order valence-electron chi connectivity index (χ1n) is 7.44. The van der Waals surface area contributed by atoms with Crippen LogP contribution in [0.1, 0.15) is 38.2 Å². The van der Waals surface area contributed by atoms with E-state index in [0.717, 1.165) is 0 Å². The molecule has 0 N–H and O–H groups in total. The van der Waals surface area contributed by atoms with E-state index < -0.39 is 5.60 Å². The highest BCUT2D eigenvalue weighted by atomic mass is 35.5. The molecule has 2 rings (SSSR count). The molecule has 0 unspecified atom stereocenters. The molecular weight excluding hydrogens is 320 g/mol. The Morgan fingerprint density at radius 2 is 2.00 bits per heavy atom. The molecule has 1 aliphatic heterocycles. The maximum Gasteiger partial charge on any atom is 0.410 e. The maximum absolute atomic E-state index is 12.5. The smallest absolute Gasteiger partial charge is 0.410 e. The topological polar surface area (TPSA) is 75.6 Å². The van der Waals surface area contributed by atoms with E-state index in [2.05, 4.69) is 9.97 Å². The minimum absolute atomic E-state index is 0.149. The highest BCUT2D eigenvalue weighted by Gasteiger charge is 2.32. The van der Waals surface area contributed by atoms with Crippen LogP contribution in [-0.4, -0.2) is 63.0 Å². The first-order chi connectivity index (χ1) is 10.7. The summed E-state index contributed by atoms with van der Waals surface area (Å²) in [5.41, 5.74) is -0.334. The van der Waals surface area contributed by atoms with E-state index in [1.165, 1.54) is 12.4 Å². The molecule has 0 saturated carbocycles. The van der Waals surface area contributed by atoms with Gasteiger partial charge in [0.05, 0.1) is 12.4 Å². The third-order valence-corrected chi connectivity index (χ3v) is 3.55. The number of aromatic nitrogens is 2. The van der Waals surface area contributed by atoms with Gasteiger partial charge in [0, 0.05) is 25.7 Å². The molecule has 0 spiro atoms. The minimum Gasteiger partial charge on any atom is -0.444 e. The molecule has 23 heavy (non-hydrogen) atoms. The SMILES string of the molecule is C[C@H]1CN(C(=O)OC(C)(C)C)CCN1C(=O)c1cncc(Cl)n1. The van der Waals surface area contributed by atoms with Crippen LogP contribution in [0, 0.1) is 0 Å². The Morgan fingerprint density at radius 1 is 1.30 bits per heavy atom. The molecule has 1 aromatic heterocycles. The quantitative estimate of drug-likeness (QED) is 0.783. The molecule has 7 nitrogen and oxygen atoms in total. The number of ether oxygens (including phenoxy) is 1. The van der Waals surface area contributed by atoms with Crippen LogP contribution >= 0.6 is 11.6 Å². The summed E-state index contributed by atoms with van der Waals surface area (Å²) in [6.07, 6.45) is 2.41. The molecule has 1 saturated heterocycles. The van der Waals surface area contributed by atoms with Crippen LogP contribution in [0.2, 0.25) is 5.15 Å². The van der Waals surface area contributed by atoms with Crippen LogP contribution in [0.5, 0.6) is 0 Å². The number of nitrogens with zero attached hydrogens (tertiary/aromatic N) is 4. The van der Waals surface area contributed by atoms with Gasteiger partial charge >= 0.3 is 6.09 Å². The molecule has 2 heterocycles.